The fourth-order valence-corrected chi connectivity index (χ4v) is 1.42. The summed E-state index contributed by atoms with van der Waals surface area (Å²) >= 11 is 0. The fraction of sp³-hybridized carbons (Fsp3) is 0.267. The lowest BCUT2D eigenvalue weighted by Gasteiger charge is -2.09. The number of nitrogens with two attached hydrogens (primary N) is 1. The average Bonchev–Trinajstić information content (AvgIpc) is 2.39. The second kappa shape index (κ2) is 7.45. The van der Waals surface area contributed by atoms with Crippen LogP contribution in [0.1, 0.15) is 23.7 Å². The third-order valence-electron chi connectivity index (χ3n) is 2.63. The van der Waals surface area contributed by atoms with E-state index >= 15 is 0 Å². The Labute approximate surface area is 108 Å². The second-order valence-corrected chi connectivity index (χ2v) is 4.04. The molecular formula is C15H19NO2. The minimum atomic E-state index is -0.322. The molecule has 3 nitrogen and oxygen atoms in total. The van der Waals surface area contributed by atoms with E-state index in [-0.39, 0.29) is 18.6 Å². The molecule has 0 aromatic heterocycles. The van der Waals surface area contributed by atoms with Crippen molar-refractivity contribution in [3.63, 3.8) is 0 Å². The Kier molecular flexibility index (Phi) is 5.88. The number of ether oxygens (including phenoxy) is 1. The topological polar surface area (TPSA) is 52.3 Å². The smallest absolute Gasteiger partial charge is 0.338 e. The van der Waals surface area contributed by atoms with Crippen molar-refractivity contribution in [1.29, 1.82) is 0 Å². The van der Waals surface area contributed by atoms with Crippen LogP contribution in [0.15, 0.2) is 54.6 Å². The van der Waals surface area contributed by atoms with Crippen molar-refractivity contribution in [2.45, 2.75) is 19.4 Å². The van der Waals surface area contributed by atoms with E-state index in [4.69, 9.17) is 10.5 Å². The Morgan fingerprint density at radius 3 is 2.72 bits per heavy atom. The molecule has 1 aromatic rings. The van der Waals surface area contributed by atoms with Gasteiger partial charge in [0, 0.05) is 6.04 Å². The molecule has 0 saturated heterocycles. The van der Waals surface area contributed by atoms with Crippen LogP contribution in [-0.2, 0) is 4.74 Å². The van der Waals surface area contributed by atoms with Gasteiger partial charge in [0.05, 0.1) is 5.56 Å². The van der Waals surface area contributed by atoms with Gasteiger partial charge in [0.2, 0.25) is 0 Å². The van der Waals surface area contributed by atoms with Gasteiger partial charge in [-0.3, -0.25) is 0 Å². The number of rotatable bonds is 6. The molecule has 0 spiro atoms. The van der Waals surface area contributed by atoms with Gasteiger partial charge in [0.15, 0.2) is 0 Å². The lowest BCUT2D eigenvalue weighted by molar-refractivity contribution is 0.0548. The van der Waals surface area contributed by atoms with Crippen LogP contribution in [0, 0.1) is 0 Å². The molecule has 1 atom stereocenters. The normalized spacial score (nSPS) is 12.9. The second-order valence-electron chi connectivity index (χ2n) is 4.04. The van der Waals surface area contributed by atoms with Crippen LogP contribution in [0.5, 0.6) is 0 Å². The number of esters is 1. The molecule has 0 bridgehead atoms. The zero-order chi connectivity index (χ0) is 13.4. The molecule has 0 aliphatic rings. The molecule has 18 heavy (non-hydrogen) atoms. The molecule has 2 N–H and O–H groups in total. The van der Waals surface area contributed by atoms with Gasteiger partial charge in [-0.15, -0.1) is 6.58 Å². The first-order chi connectivity index (χ1) is 8.65. The van der Waals surface area contributed by atoms with Crippen molar-refractivity contribution >= 4 is 5.97 Å². The summed E-state index contributed by atoms with van der Waals surface area (Å²) in [6.45, 7) is 5.80. The Hall–Kier alpha value is -1.87. The monoisotopic (exact) mass is 245 g/mol. The maximum absolute atomic E-state index is 11.6. The van der Waals surface area contributed by atoms with Gasteiger partial charge < -0.3 is 10.5 Å². The van der Waals surface area contributed by atoms with E-state index in [1.54, 1.807) is 30.3 Å². The zero-order valence-electron chi connectivity index (χ0n) is 10.6. The standard InChI is InChI=1S/C15H19NO2/c1-3-7-14(16)12(2)10-11-18-15(17)13-8-5-4-6-9-13/h3-6,8-10,14H,1,7,11,16H2,2H3/t14-/m0/s1. The van der Waals surface area contributed by atoms with Crippen LogP contribution in [0.4, 0.5) is 0 Å². The molecule has 0 unspecified atom stereocenters. The number of hydrogen-bond donors (Lipinski definition) is 1. The lowest BCUT2D eigenvalue weighted by atomic mass is 10.1. The van der Waals surface area contributed by atoms with Gasteiger partial charge in [-0.1, -0.05) is 29.8 Å². The molecule has 0 aliphatic carbocycles. The van der Waals surface area contributed by atoms with E-state index < -0.39 is 0 Å². The van der Waals surface area contributed by atoms with Crippen molar-refractivity contribution in [3.05, 3.63) is 60.2 Å². The van der Waals surface area contributed by atoms with Crippen molar-refractivity contribution in [2.75, 3.05) is 6.61 Å². The van der Waals surface area contributed by atoms with Gasteiger partial charge in [-0.05, 0) is 31.6 Å². The van der Waals surface area contributed by atoms with Crippen molar-refractivity contribution < 1.29 is 9.53 Å². The largest absolute Gasteiger partial charge is 0.458 e. The summed E-state index contributed by atoms with van der Waals surface area (Å²) in [6, 6.07) is 8.85. The van der Waals surface area contributed by atoms with Gasteiger partial charge in [0.25, 0.3) is 0 Å². The zero-order valence-corrected chi connectivity index (χ0v) is 10.6. The van der Waals surface area contributed by atoms with E-state index in [2.05, 4.69) is 6.58 Å². The molecule has 0 amide bonds. The quantitative estimate of drug-likeness (QED) is 0.619. The summed E-state index contributed by atoms with van der Waals surface area (Å²) in [5.74, 6) is -0.322. The molecule has 0 fully saturated rings. The molecular weight excluding hydrogens is 226 g/mol. The van der Waals surface area contributed by atoms with Crippen molar-refractivity contribution in [2.24, 2.45) is 5.73 Å². The maximum atomic E-state index is 11.6. The summed E-state index contributed by atoms with van der Waals surface area (Å²) in [4.78, 5) is 11.6. The van der Waals surface area contributed by atoms with Gasteiger partial charge in [-0.2, -0.15) is 0 Å². The van der Waals surface area contributed by atoms with Crippen molar-refractivity contribution in [1.82, 2.24) is 0 Å². The minimum Gasteiger partial charge on any atom is -0.458 e. The van der Waals surface area contributed by atoms with E-state index in [0.717, 1.165) is 12.0 Å². The Morgan fingerprint density at radius 2 is 2.11 bits per heavy atom. The third kappa shape index (κ3) is 4.55. The molecule has 1 rings (SSSR count). The third-order valence-corrected chi connectivity index (χ3v) is 2.63. The van der Waals surface area contributed by atoms with Crippen molar-refractivity contribution in [3.8, 4) is 0 Å². The fourth-order valence-electron chi connectivity index (χ4n) is 1.42. The van der Waals surface area contributed by atoms with Gasteiger partial charge in [0.1, 0.15) is 6.61 Å². The number of carbonyl (C=O) groups excluding carboxylic acids is 1. The Bertz CT molecular complexity index is 423. The van der Waals surface area contributed by atoms with E-state index in [9.17, 15) is 4.79 Å². The van der Waals surface area contributed by atoms with Crippen LogP contribution in [-0.4, -0.2) is 18.6 Å². The molecule has 0 saturated carbocycles. The van der Waals surface area contributed by atoms with Gasteiger partial charge >= 0.3 is 5.97 Å². The summed E-state index contributed by atoms with van der Waals surface area (Å²) in [5, 5.41) is 0. The molecule has 1 aromatic carbocycles. The Balaban J connectivity index is 2.44. The van der Waals surface area contributed by atoms with Crippen LogP contribution in [0.3, 0.4) is 0 Å². The average molecular weight is 245 g/mol. The molecule has 0 aliphatic heterocycles. The first kappa shape index (κ1) is 14.2. The van der Waals surface area contributed by atoms with Gasteiger partial charge in [-0.25, -0.2) is 4.79 Å². The molecule has 0 heterocycles. The van der Waals surface area contributed by atoms with Crippen LogP contribution >= 0.6 is 0 Å². The maximum Gasteiger partial charge on any atom is 0.338 e. The number of hydrogen-bond acceptors (Lipinski definition) is 3. The summed E-state index contributed by atoms with van der Waals surface area (Å²) in [6.07, 6.45) is 4.32. The van der Waals surface area contributed by atoms with Crippen LogP contribution in [0.2, 0.25) is 0 Å². The Morgan fingerprint density at radius 1 is 1.44 bits per heavy atom. The number of carbonyl (C=O) groups is 1. The van der Waals surface area contributed by atoms with Crippen LogP contribution < -0.4 is 5.73 Å². The van der Waals surface area contributed by atoms with E-state index in [0.29, 0.717) is 5.56 Å². The molecule has 96 valence electrons. The SMILES string of the molecule is C=CC[C@H](N)C(C)=CCOC(=O)c1ccccc1. The predicted octanol–water partition coefficient (Wildman–Crippen LogP) is 2.69. The van der Waals surface area contributed by atoms with E-state index in [1.165, 1.54) is 0 Å². The summed E-state index contributed by atoms with van der Waals surface area (Å²) in [7, 11) is 0. The molecule has 3 heteroatoms. The highest BCUT2D eigenvalue weighted by atomic mass is 16.5. The van der Waals surface area contributed by atoms with Crippen LogP contribution in [0.25, 0.3) is 0 Å². The number of benzene rings is 1. The minimum absolute atomic E-state index is 0.0575. The first-order valence-electron chi connectivity index (χ1n) is 5.90. The highest BCUT2D eigenvalue weighted by Gasteiger charge is 2.05. The van der Waals surface area contributed by atoms with E-state index in [1.807, 2.05) is 19.1 Å². The highest BCUT2D eigenvalue weighted by Crippen LogP contribution is 2.05. The molecule has 0 radical (unpaired) electrons. The lowest BCUT2D eigenvalue weighted by Crippen LogP contribution is -2.20. The first-order valence-corrected chi connectivity index (χ1v) is 5.90. The highest BCUT2D eigenvalue weighted by molar-refractivity contribution is 5.89. The predicted molar refractivity (Wildman–Crippen MR) is 73.3 cm³/mol. The summed E-state index contributed by atoms with van der Waals surface area (Å²) < 4.78 is 5.13. The summed E-state index contributed by atoms with van der Waals surface area (Å²) in [5.41, 5.74) is 7.43.